The van der Waals surface area contributed by atoms with Crippen molar-refractivity contribution in [1.82, 2.24) is 0 Å². The van der Waals surface area contributed by atoms with Gasteiger partial charge in [-0.2, -0.15) is 0 Å². The molecule has 0 unspecified atom stereocenters. The van der Waals surface area contributed by atoms with E-state index in [1.165, 1.54) is 0 Å². The van der Waals surface area contributed by atoms with Crippen molar-refractivity contribution in [2.24, 2.45) is 0 Å². The van der Waals surface area contributed by atoms with Crippen LogP contribution in [0.5, 0.6) is 0 Å². The molecule has 2 radical (unpaired) electrons. The maximum Gasteiger partial charge on any atom is 2.00 e. The van der Waals surface area contributed by atoms with Crippen molar-refractivity contribution >= 4 is 0 Å². The molecule has 0 aromatic heterocycles. The van der Waals surface area contributed by atoms with Crippen molar-refractivity contribution < 1.29 is 45.9 Å². The van der Waals surface area contributed by atoms with Crippen LogP contribution in [0.25, 0.3) is 0 Å². The maximum atomic E-state index is 2.00. The van der Waals surface area contributed by atoms with Crippen LogP contribution < -0.4 is 24.8 Å². The Balaban J connectivity index is -0.000000125. The van der Waals surface area contributed by atoms with E-state index < -0.39 is 0 Å². The van der Waals surface area contributed by atoms with Gasteiger partial charge in [-0.1, -0.05) is 48.6 Å². The summed E-state index contributed by atoms with van der Waals surface area (Å²) in [7, 11) is 0. The molecule has 0 amide bonds. The third-order valence-electron chi connectivity index (χ3n) is 1.11. The summed E-state index contributed by atoms with van der Waals surface area (Å²) in [5.41, 5.74) is 0. The van der Waals surface area contributed by atoms with Gasteiger partial charge >= 0.3 is 21.1 Å². The van der Waals surface area contributed by atoms with Gasteiger partial charge in [-0.3, -0.25) is 0 Å². The van der Waals surface area contributed by atoms with Crippen molar-refractivity contribution in [2.75, 3.05) is 0 Å². The molecule has 0 atom stereocenters. The molecule has 2 rings (SSSR count). The van der Waals surface area contributed by atoms with E-state index in [2.05, 4.69) is 0 Å². The Kier molecular flexibility index (Phi) is 21.4. The third-order valence-corrected chi connectivity index (χ3v) is 1.11. The Hall–Kier alpha value is 0.228. The Labute approximate surface area is 107 Å². The van der Waals surface area contributed by atoms with Gasteiger partial charge in [-0.15, -0.1) is 0 Å². The van der Waals surface area contributed by atoms with Crippen LogP contribution in [0.4, 0.5) is 0 Å². The summed E-state index contributed by atoms with van der Waals surface area (Å²) in [5.74, 6) is 0. The monoisotopic (exact) mass is 298 g/mol. The van der Waals surface area contributed by atoms with E-state index in [0.717, 1.165) is 0 Å². The average Bonchev–Trinajstić information content (AvgIpc) is 2.67. The second-order valence-electron chi connectivity index (χ2n) is 1.92. The van der Waals surface area contributed by atoms with E-state index in [9.17, 15) is 0 Å². The predicted octanol–water partition coefficient (Wildman–Crippen LogP) is -3.36. The van der Waals surface area contributed by atoms with Crippen molar-refractivity contribution in [2.45, 2.75) is 0 Å². The van der Waals surface area contributed by atoms with Gasteiger partial charge in [0, 0.05) is 12.8 Å². The number of hydrogen-bond acceptors (Lipinski definition) is 0. The summed E-state index contributed by atoms with van der Waals surface area (Å²) in [6.45, 7) is 0. The largest absolute Gasteiger partial charge is 2.00 e. The molecule has 0 spiro atoms. The molecule has 0 saturated carbocycles. The average molecular weight is 297 g/mol. The van der Waals surface area contributed by atoms with Gasteiger partial charge in [0.15, 0.2) is 0 Å². The Morgan fingerprint density at radius 2 is 0.615 bits per heavy atom. The summed E-state index contributed by atoms with van der Waals surface area (Å²) in [6, 6.07) is 0. The van der Waals surface area contributed by atoms with Gasteiger partial charge < -0.3 is 24.8 Å². The zero-order valence-electron chi connectivity index (χ0n) is 6.94. The van der Waals surface area contributed by atoms with Gasteiger partial charge in [0.1, 0.15) is 0 Å². The molecule has 13 heavy (non-hydrogen) atoms. The van der Waals surface area contributed by atoms with Crippen LogP contribution in [0.1, 0.15) is 0 Å². The molecule has 0 bridgehead atoms. The minimum absolute atomic E-state index is 0. The zero-order valence-corrected chi connectivity index (χ0v) is 10.5. The molecule has 0 saturated heterocycles. The number of hydrogen-bond donors (Lipinski definition) is 0. The molecule has 0 aliphatic heterocycles. The van der Waals surface area contributed by atoms with Crippen molar-refractivity contribution in [3.8, 4) is 0 Å². The first-order valence-corrected chi connectivity index (χ1v) is 3.33. The second-order valence-corrected chi connectivity index (χ2v) is 1.92. The van der Waals surface area contributed by atoms with E-state index in [-0.39, 0.29) is 45.9 Å². The second kappa shape index (κ2) is 14.7. The van der Waals surface area contributed by atoms with Gasteiger partial charge in [0.25, 0.3) is 0 Å². The Morgan fingerprint density at radius 3 is 0.692 bits per heavy atom. The van der Waals surface area contributed by atoms with Crippen LogP contribution in [-0.4, -0.2) is 0 Å². The normalized spacial score (nSPS) is 13.5. The quantitative estimate of drug-likeness (QED) is 0.410. The predicted molar refractivity (Wildman–Crippen MR) is 45.2 cm³/mol. The Morgan fingerprint density at radius 1 is 0.385 bits per heavy atom. The van der Waals surface area contributed by atoms with Gasteiger partial charge in [0.2, 0.25) is 0 Å². The molecule has 2 aliphatic rings. The molecule has 0 heterocycles. The van der Waals surface area contributed by atoms with Crippen LogP contribution in [0.3, 0.4) is 0 Å². The first-order valence-electron chi connectivity index (χ1n) is 3.33. The van der Waals surface area contributed by atoms with Gasteiger partial charge in [0.05, 0.1) is 0 Å². The van der Waals surface area contributed by atoms with Crippen molar-refractivity contribution in [3.63, 3.8) is 0 Å². The van der Waals surface area contributed by atoms with Crippen LogP contribution in [0, 0.1) is 12.8 Å². The molecule has 0 fully saturated rings. The Bertz CT molecular complexity index is 151. The van der Waals surface area contributed by atoms with Crippen LogP contribution in [0.2, 0.25) is 0 Å². The molecular formula is C10H10Cl2Mo. The molecule has 70 valence electrons. The molecule has 0 N–H and O–H groups in total. The standard InChI is InChI=1S/2C5H5.2ClH.Mo/c2*1-2-4-5-3-1;;;/h2*1-5H;2*1H;/q;;;;+2/p-2. The van der Waals surface area contributed by atoms with E-state index in [0.29, 0.717) is 0 Å². The fourth-order valence-corrected chi connectivity index (χ4v) is 0.642. The minimum atomic E-state index is 0. The van der Waals surface area contributed by atoms with E-state index >= 15 is 0 Å². The first-order chi connectivity index (χ1) is 5.00. The number of halogens is 2. The van der Waals surface area contributed by atoms with Gasteiger partial charge in [-0.25, -0.2) is 0 Å². The van der Waals surface area contributed by atoms with E-state index in [4.69, 9.17) is 0 Å². The topological polar surface area (TPSA) is 0 Å². The fourth-order valence-electron chi connectivity index (χ4n) is 0.642. The minimum Gasteiger partial charge on any atom is -1.00 e. The molecule has 0 aromatic rings. The molecule has 0 aromatic carbocycles. The van der Waals surface area contributed by atoms with Crippen LogP contribution in [0.15, 0.2) is 48.6 Å². The van der Waals surface area contributed by atoms with E-state index in [1.807, 2.05) is 61.4 Å². The summed E-state index contributed by atoms with van der Waals surface area (Å²) in [4.78, 5) is 0. The van der Waals surface area contributed by atoms with Crippen LogP contribution >= 0.6 is 0 Å². The SMILES string of the molecule is [CH]1C=CC=C1.[CH]1C=CC=C1.[Cl-].[Cl-].[Mo+2]. The third kappa shape index (κ3) is 12.2. The summed E-state index contributed by atoms with van der Waals surface area (Å²) in [5, 5.41) is 0. The van der Waals surface area contributed by atoms with Crippen LogP contribution in [-0.2, 0) is 21.1 Å². The molecular weight excluding hydrogens is 287 g/mol. The van der Waals surface area contributed by atoms with Crippen molar-refractivity contribution in [3.05, 3.63) is 61.4 Å². The first kappa shape index (κ1) is 18.9. The number of rotatable bonds is 0. The van der Waals surface area contributed by atoms with E-state index in [1.54, 1.807) is 0 Å². The zero-order chi connectivity index (χ0) is 7.07. The molecule has 0 nitrogen and oxygen atoms in total. The summed E-state index contributed by atoms with van der Waals surface area (Å²) in [6.07, 6.45) is 20.0. The fraction of sp³-hybridized carbons (Fsp3) is 0. The number of allylic oxidation sites excluding steroid dienone is 8. The smallest absolute Gasteiger partial charge is 1.00 e. The van der Waals surface area contributed by atoms with Crippen molar-refractivity contribution in [1.29, 1.82) is 0 Å². The molecule has 3 heteroatoms. The molecule has 2 aliphatic carbocycles. The maximum absolute atomic E-state index is 2.00. The summed E-state index contributed by atoms with van der Waals surface area (Å²) >= 11 is 0. The summed E-state index contributed by atoms with van der Waals surface area (Å²) < 4.78 is 0. The van der Waals surface area contributed by atoms with Gasteiger partial charge in [-0.05, 0) is 0 Å².